The maximum atomic E-state index is 13.2. The van der Waals surface area contributed by atoms with Gasteiger partial charge < -0.3 is 9.88 Å². The summed E-state index contributed by atoms with van der Waals surface area (Å²) >= 11 is 0. The van der Waals surface area contributed by atoms with Crippen LogP contribution in [0.3, 0.4) is 0 Å². The Morgan fingerprint density at radius 1 is 1.21 bits per heavy atom. The number of aromatic nitrogens is 1. The average molecular weight is 325 g/mol. The van der Waals surface area contributed by atoms with E-state index in [0.29, 0.717) is 12.6 Å². The first kappa shape index (κ1) is 16.4. The second-order valence-corrected chi connectivity index (χ2v) is 6.14. The average Bonchev–Trinajstić information content (AvgIpc) is 2.62. The Kier molecular flexibility index (Phi) is 5.07. The third kappa shape index (κ3) is 3.55. The van der Waals surface area contributed by atoms with E-state index in [1.165, 1.54) is 31.0 Å². The van der Waals surface area contributed by atoms with Crippen LogP contribution in [0.25, 0.3) is 11.3 Å². The van der Waals surface area contributed by atoms with Crippen molar-refractivity contribution in [3.63, 3.8) is 0 Å². The van der Waals surface area contributed by atoms with Gasteiger partial charge in [0, 0.05) is 12.6 Å². The zero-order chi connectivity index (χ0) is 16.9. The van der Waals surface area contributed by atoms with Gasteiger partial charge in [0.25, 0.3) is 5.56 Å². The molecule has 1 aliphatic rings. The molecule has 124 valence electrons. The smallest absolute Gasteiger partial charge is 0.268 e. The zero-order valence-electron chi connectivity index (χ0n) is 13.5. The largest absolute Gasteiger partial charge is 0.314 e. The lowest BCUT2D eigenvalue weighted by Gasteiger charge is -2.24. The number of hydrogen-bond acceptors (Lipinski definition) is 3. The summed E-state index contributed by atoms with van der Waals surface area (Å²) < 4.78 is 14.8. The van der Waals surface area contributed by atoms with Crippen molar-refractivity contribution < 1.29 is 4.39 Å². The number of pyridine rings is 1. The van der Waals surface area contributed by atoms with Gasteiger partial charge in [-0.1, -0.05) is 6.42 Å². The quantitative estimate of drug-likeness (QED) is 0.940. The van der Waals surface area contributed by atoms with Gasteiger partial charge in [0.1, 0.15) is 17.4 Å². The molecule has 1 aliphatic heterocycles. The van der Waals surface area contributed by atoms with Crippen LogP contribution in [-0.2, 0) is 6.54 Å². The van der Waals surface area contributed by atoms with Gasteiger partial charge in [0.05, 0.1) is 5.69 Å². The molecule has 0 radical (unpaired) electrons. The molecular weight excluding hydrogens is 305 g/mol. The van der Waals surface area contributed by atoms with E-state index in [9.17, 15) is 9.18 Å². The van der Waals surface area contributed by atoms with Crippen LogP contribution >= 0.6 is 0 Å². The highest BCUT2D eigenvalue weighted by Gasteiger charge is 2.15. The van der Waals surface area contributed by atoms with E-state index in [4.69, 9.17) is 5.26 Å². The van der Waals surface area contributed by atoms with Crippen LogP contribution in [0.1, 0.15) is 31.2 Å². The van der Waals surface area contributed by atoms with Gasteiger partial charge in [-0.25, -0.2) is 4.39 Å². The van der Waals surface area contributed by atoms with Crippen LogP contribution in [0.15, 0.2) is 41.2 Å². The summed E-state index contributed by atoms with van der Waals surface area (Å²) in [4.78, 5) is 12.6. The second kappa shape index (κ2) is 7.41. The number of benzene rings is 1. The van der Waals surface area contributed by atoms with E-state index in [1.54, 1.807) is 22.8 Å². The molecule has 1 atom stereocenters. The molecule has 0 amide bonds. The first-order chi connectivity index (χ1) is 11.7. The predicted octanol–water partition coefficient (Wildman–Crippen LogP) is 3.06. The van der Waals surface area contributed by atoms with Gasteiger partial charge in [-0.05, 0) is 67.8 Å². The summed E-state index contributed by atoms with van der Waals surface area (Å²) in [6.07, 6.45) is 4.35. The first-order valence-electron chi connectivity index (χ1n) is 8.32. The lowest BCUT2D eigenvalue weighted by Crippen LogP contribution is -2.36. The Balaban J connectivity index is 1.93. The molecule has 0 aliphatic carbocycles. The van der Waals surface area contributed by atoms with Gasteiger partial charge >= 0.3 is 0 Å². The summed E-state index contributed by atoms with van der Waals surface area (Å²) in [7, 11) is 0. The second-order valence-electron chi connectivity index (χ2n) is 6.14. The number of hydrogen-bond donors (Lipinski definition) is 1. The van der Waals surface area contributed by atoms with Crippen molar-refractivity contribution >= 4 is 0 Å². The van der Waals surface area contributed by atoms with Crippen molar-refractivity contribution in [2.75, 3.05) is 6.54 Å². The van der Waals surface area contributed by atoms with Crippen molar-refractivity contribution in [2.24, 2.45) is 0 Å². The molecule has 2 heterocycles. The van der Waals surface area contributed by atoms with Gasteiger partial charge in [0.2, 0.25) is 0 Å². The van der Waals surface area contributed by atoms with Gasteiger partial charge in [0.15, 0.2) is 0 Å². The highest BCUT2D eigenvalue weighted by Crippen LogP contribution is 2.20. The van der Waals surface area contributed by atoms with Crippen LogP contribution in [0.4, 0.5) is 4.39 Å². The Labute approximate surface area is 140 Å². The molecule has 3 rings (SSSR count). The van der Waals surface area contributed by atoms with Gasteiger partial charge in [-0.2, -0.15) is 5.26 Å². The van der Waals surface area contributed by atoms with Crippen LogP contribution < -0.4 is 10.9 Å². The normalized spacial score (nSPS) is 17.4. The SMILES string of the molecule is N#Cc1ccc(-c2ccc(F)cc2)n(CCC2CCCCN2)c1=O. The summed E-state index contributed by atoms with van der Waals surface area (Å²) in [5.41, 5.74) is 1.34. The van der Waals surface area contributed by atoms with Gasteiger partial charge in [-0.15, -0.1) is 0 Å². The Hall–Kier alpha value is -2.45. The number of rotatable bonds is 4. The molecule has 1 fully saturated rings. The van der Waals surface area contributed by atoms with Crippen molar-refractivity contribution in [1.29, 1.82) is 5.26 Å². The molecule has 24 heavy (non-hydrogen) atoms. The summed E-state index contributed by atoms with van der Waals surface area (Å²) in [5, 5.41) is 12.6. The minimum Gasteiger partial charge on any atom is -0.314 e. The molecule has 5 heteroatoms. The lowest BCUT2D eigenvalue weighted by molar-refractivity contribution is 0.365. The molecule has 0 saturated carbocycles. The van der Waals surface area contributed by atoms with Crippen molar-refractivity contribution in [3.05, 3.63) is 58.1 Å². The summed E-state index contributed by atoms with van der Waals surface area (Å²) in [6, 6.07) is 11.7. The Morgan fingerprint density at radius 3 is 2.67 bits per heavy atom. The predicted molar refractivity (Wildman–Crippen MR) is 91.1 cm³/mol. The third-order valence-corrected chi connectivity index (χ3v) is 4.55. The van der Waals surface area contributed by atoms with Crippen molar-refractivity contribution in [3.8, 4) is 17.3 Å². The summed E-state index contributed by atoms with van der Waals surface area (Å²) in [5.74, 6) is -0.312. The Bertz CT molecular complexity index is 799. The molecule has 4 nitrogen and oxygen atoms in total. The molecule has 2 aromatic rings. The number of nitriles is 1. The maximum absolute atomic E-state index is 13.2. The van der Waals surface area contributed by atoms with E-state index in [2.05, 4.69) is 5.32 Å². The number of piperidine rings is 1. The monoisotopic (exact) mass is 325 g/mol. The standard InChI is InChI=1S/C19H20FN3O/c20-16-7-4-14(5-8-16)18-9-6-15(13-21)19(24)23(18)12-10-17-3-1-2-11-22-17/h4-9,17,22H,1-3,10-12H2. The highest BCUT2D eigenvalue weighted by molar-refractivity contribution is 5.60. The zero-order valence-corrected chi connectivity index (χ0v) is 13.5. The molecule has 0 bridgehead atoms. The lowest BCUT2D eigenvalue weighted by atomic mass is 10.0. The molecule has 1 aromatic heterocycles. The molecule has 1 saturated heterocycles. The minimum absolute atomic E-state index is 0.137. The number of nitrogens with zero attached hydrogens (tertiary/aromatic N) is 2. The number of halogens is 1. The molecule has 1 aromatic carbocycles. The summed E-state index contributed by atoms with van der Waals surface area (Å²) in [6.45, 7) is 1.56. The van der Waals surface area contributed by atoms with Crippen molar-refractivity contribution in [1.82, 2.24) is 9.88 Å². The van der Waals surface area contributed by atoms with Crippen LogP contribution in [0.2, 0.25) is 0 Å². The topological polar surface area (TPSA) is 57.8 Å². The molecule has 1 N–H and O–H groups in total. The molecule has 1 unspecified atom stereocenters. The van der Waals surface area contributed by atoms with Crippen molar-refractivity contribution in [2.45, 2.75) is 38.3 Å². The molecular formula is C19H20FN3O. The van der Waals surface area contributed by atoms with Crippen LogP contribution in [0.5, 0.6) is 0 Å². The maximum Gasteiger partial charge on any atom is 0.268 e. The fourth-order valence-electron chi connectivity index (χ4n) is 3.21. The van der Waals surface area contributed by atoms with E-state index in [1.807, 2.05) is 6.07 Å². The first-order valence-corrected chi connectivity index (χ1v) is 8.32. The minimum atomic E-state index is -0.312. The third-order valence-electron chi connectivity index (χ3n) is 4.55. The van der Waals surface area contributed by atoms with Gasteiger partial charge in [-0.3, -0.25) is 4.79 Å². The van der Waals surface area contributed by atoms with Crippen LogP contribution in [0, 0.1) is 17.1 Å². The van der Waals surface area contributed by atoms with E-state index in [-0.39, 0.29) is 16.9 Å². The fraction of sp³-hybridized carbons (Fsp3) is 0.368. The van der Waals surface area contributed by atoms with Crippen LogP contribution in [-0.4, -0.2) is 17.2 Å². The van der Waals surface area contributed by atoms with E-state index in [0.717, 1.165) is 30.6 Å². The Morgan fingerprint density at radius 2 is 2.00 bits per heavy atom. The van der Waals surface area contributed by atoms with E-state index >= 15 is 0 Å². The van der Waals surface area contributed by atoms with E-state index < -0.39 is 0 Å². The fourth-order valence-corrected chi connectivity index (χ4v) is 3.21. The highest BCUT2D eigenvalue weighted by atomic mass is 19.1. The molecule has 0 spiro atoms. The number of nitrogens with one attached hydrogen (secondary N) is 1.